The summed E-state index contributed by atoms with van der Waals surface area (Å²) in [5.41, 5.74) is 5.14. The van der Waals surface area contributed by atoms with Crippen molar-refractivity contribution < 1.29 is 14.0 Å². The second-order valence-corrected chi connectivity index (χ2v) is 11.8. The third-order valence-electron chi connectivity index (χ3n) is 8.99. The van der Waals surface area contributed by atoms with Gasteiger partial charge in [0.15, 0.2) is 23.5 Å². The highest BCUT2D eigenvalue weighted by Gasteiger charge is 2.32. The Bertz CT molecular complexity index is 1330. The van der Waals surface area contributed by atoms with Crippen LogP contribution in [0, 0.1) is 23.6 Å². The number of hydrogen-bond donors (Lipinski definition) is 3. The molecule has 3 aliphatic rings. The number of anilines is 1. The number of carbonyl (C=O) groups is 1. The first-order valence-electron chi connectivity index (χ1n) is 14.4. The molecule has 1 aliphatic heterocycles. The van der Waals surface area contributed by atoms with Crippen molar-refractivity contribution in [2.24, 2.45) is 17.8 Å². The number of amides is 1. The molecule has 1 saturated heterocycles. The Morgan fingerprint density at radius 3 is 2.46 bits per heavy atom. The Kier molecular flexibility index (Phi) is 7.14. The summed E-state index contributed by atoms with van der Waals surface area (Å²) < 4.78 is 16.0. The second-order valence-electron chi connectivity index (χ2n) is 11.8. The van der Waals surface area contributed by atoms with Crippen molar-refractivity contribution in [1.82, 2.24) is 30.3 Å². The van der Waals surface area contributed by atoms with Crippen LogP contribution in [-0.2, 0) is 11.4 Å². The molecule has 6 rings (SSSR count). The SMILES string of the molecule is CC1CCC(Cn2c(C(C)c3ccc(F)cc3)nc3nc(C4NOC(=O)N4)nc(N[C@H](C)C4CCC4)c32)CC1. The Labute approximate surface area is 228 Å². The number of benzene rings is 1. The summed E-state index contributed by atoms with van der Waals surface area (Å²) in [5, 5.41) is 6.41. The molecule has 10 heteroatoms. The predicted molar refractivity (Wildman–Crippen MR) is 146 cm³/mol. The lowest BCUT2D eigenvalue weighted by Crippen LogP contribution is -2.32. The molecule has 2 aromatic heterocycles. The molecule has 2 unspecified atom stereocenters. The van der Waals surface area contributed by atoms with Gasteiger partial charge in [-0.15, -0.1) is 5.48 Å². The topological polar surface area (TPSA) is 106 Å². The van der Waals surface area contributed by atoms with Crippen LogP contribution in [0.2, 0.25) is 0 Å². The molecular weight excluding hydrogens is 497 g/mol. The molecule has 3 atom stereocenters. The van der Waals surface area contributed by atoms with Crippen LogP contribution in [0.25, 0.3) is 11.2 Å². The van der Waals surface area contributed by atoms with Crippen LogP contribution in [0.15, 0.2) is 24.3 Å². The smallest absolute Gasteiger partial charge is 0.365 e. The number of imidazole rings is 1. The van der Waals surface area contributed by atoms with E-state index < -0.39 is 12.3 Å². The van der Waals surface area contributed by atoms with Gasteiger partial charge in [0.2, 0.25) is 0 Å². The van der Waals surface area contributed by atoms with E-state index in [1.165, 1.54) is 57.1 Å². The number of fused-ring (bicyclic) bond motifs is 1. The molecule has 3 heterocycles. The summed E-state index contributed by atoms with van der Waals surface area (Å²) in [6, 6.07) is 6.90. The summed E-state index contributed by atoms with van der Waals surface area (Å²) >= 11 is 0. The zero-order chi connectivity index (χ0) is 27.1. The molecule has 1 amide bonds. The summed E-state index contributed by atoms with van der Waals surface area (Å²) in [6.45, 7) is 7.49. The Morgan fingerprint density at radius 1 is 1.08 bits per heavy atom. The van der Waals surface area contributed by atoms with Crippen molar-refractivity contribution in [2.45, 2.75) is 90.4 Å². The molecular formula is C29H38FN7O2. The Hall–Kier alpha value is -3.27. The molecule has 0 radical (unpaired) electrons. The molecule has 2 aliphatic carbocycles. The average molecular weight is 536 g/mol. The lowest BCUT2D eigenvalue weighted by atomic mass is 9.80. The van der Waals surface area contributed by atoms with Gasteiger partial charge in [0.05, 0.1) is 0 Å². The number of halogens is 1. The summed E-state index contributed by atoms with van der Waals surface area (Å²) in [4.78, 5) is 31.5. The van der Waals surface area contributed by atoms with E-state index in [0.717, 1.165) is 35.2 Å². The molecule has 3 aromatic rings. The van der Waals surface area contributed by atoms with E-state index in [1.54, 1.807) is 0 Å². The normalized spacial score (nSPS) is 25.1. The van der Waals surface area contributed by atoms with E-state index in [1.807, 2.05) is 12.1 Å². The van der Waals surface area contributed by atoms with E-state index >= 15 is 0 Å². The number of nitrogens with zero attached hydrogens (tertiary/aromatic N) is 4. The third kappa shape index (κ3) is 5.31. The molecule has 0 bridgehead atoms. The van der Waals surface area contributed by atoms with Gasteiger partial charge in [-0.3, -0.25) is 5.32 Å². The zero-order valence-corrected chi connectivity index (χ0v) is 22.9. The molecule has 0 spiro atoms. The van der Waals surface area contributed by atoms with Gasteiger partial charge in [-0.2, -0.15) is 0 Å². The maximum absolute atomic E-state index is 13.7. The van der Waals surface area contributed by atoms with Gasteiger partial charge in [-0.25, -0.2) is 24.1 Å². The number of hydroxylamine groups is 1. The number of hydrogen-bond acceptors (Lipinski definition) is 7. The highest BCUT2D eigenvalue weighted by molar-refractivity contribution is 5.84. The monoisotopic (exact) mass is 535 g/mol. The van der Waals surface area contributed by atoms with Crippen molar-refractivity contribution in [3.8, 4) is 0 Å². The number of carbonyl (C=O) groups excluding carboxylic acids is 1. The lowest BCUT2D eigenvalue weighted by molar-refractivity contribution is 0.120. The molecule has 3 fully saturated rings. The molecule has 39 heavy (non-hydrogen) atoms. The van der Waals surface area contributed by atoms with Crippen LogP contribution >= 0.6 is 0 Å². The quantitative estimate of drug-likeness (QED) is 0.335. The van der Waals surface area contributed by atoms with Gasteiger partial charge in [0.1, 0.15) is 17.2 Å². The number of rotatable bonds is 8. The molecule has 2 saturated carbocycles. The largest absolute Gasteiger partial charge is 0.427 e. The Morgan fingerprint density at radius 2 is 1.82 bits per heavy atom. The van der Waals surface area contributed by atoms with Gasteiger partial charge in [0.25, 0.3) is 0 Å². The highest BCUT2D eigenvalue weighted by Crippen LogP contribution is 2.37. The fraction of sp³-hybridized carbons (Fsp3) is 0.586. The van der Waals surface area contributed by atoms with Gasteiger partial charge < -0.3 is 14.7 Å². The maximum atomic E-state index is 13.7. The van der Waals surface area contributed by atoms with Gasteiger partial charge in [0, 0.05) is 18.5 Å². The van der Waals surface area contributed by atoms with Crippen LogP contribution in [0.5, 0.6) is 0 Å². The third-order valence-corrected chi connectivity index (χ3v) is 8.99. The van der Waals surface area contributed by atoms with Gasteiger partial charge in [-0.1, -0.05) is 45.2 Å². The number of aromatic nitrogens is 4. The molecule has 1 aromatic carbocycles. The average Bonchev–Trinajstić information content (AvgIpc) is 3.48. The van der Waals surface area contributed by atoms with E-state index in [2.05, 4.69) is 41.5 Å². The second kappa shape index (κ2) is 10.7. The van der Waals surface area contributed by atoms with E-state index in [9.17, 15) is 9.18 Å². The van der Waals surface area contributed by atoms with Crippen molar-refractivity contribution in [3.63, 3.8) is 0 Å². The highest BCUT2D eigenvalue weighted by atomic mass is 19.1. The fourth-order valence-corrected chi connectivity index (χ4v) is 6.17. The molecule has 9 nitrogen and oxygen atoms in total. The summed E-state index contributed by atoms with van der Waals surface area (Å²) in [5.74, 6) is 3.59. The zero-order valence-electron chi connectivity index (χ0n) is 22.9. The van der Waals surface area contributed by atoms with E-state index in [0.29, 0.717) is 23.3 Å². The summed E-state index contributed by atoms with van der Waals surface area (Å²) in [7, 11) is 0. The molecule has 3 N–H and O–H groups in total. The van der Waals surface area contributed by atoms with Crippen molar-refractivity contribution in [1.29, 1.82) is 0 Å². The fourth-order valence-electron chi connectivity index (χ4n) is 6.17. The minimum Gasteiger partial charge on any atom is -0.365 e. The van der Waals surface area contributed by atoms with Crippen LogP contribution in [0.3, 0.4) is 0 Å². The van der Waals surface area contributed by atoms with Gasteiger partial charge in [-0.05, 0) is 68.1 Å². The predicted octanol–water partition coefficient (Wildman–Crippen LogP) is 5.79. The van der Waals surface area contributed by atoms with E-state index in [-0.39, 0.29) is 17.8 Å². The van der Waals surface area contributed by atoms with E-state index in [4.69, 9.17) is 19.8 Å². The van der Waals surface area contributed by atoms with Crippen LogP contribution in [0.4, 0.5) is 15.0 Å². The summed E-state index contributed by atoms with van der Waals surface area (Å²) in [6.07, 6.45) is 7.27. The van der Waals surface area contributed by atoms with Crippen LogP contribution in [-0.4, -0.2) is 31.7 Å². The number of nitrogens with one attached hydrogen (secondary N) is 3. The maximum Gasteiger partial charge on any atom is 0.427 e. The van der Waals surface area contributed by atoms with Crippen LogP contribution in [0.1, 0.15) is 95.0 Å². The van der Waals surface area contributed by atoms with Gasteiger partial charge >= 0.3 is 6.09 Å². The van der Waals surface area contributed by atoms with Crippen molar-refractivity contribution in [2.75, 3.05) is 5.32 Å². The first-order valence-corrected chi connectivity index (χ1v) is 14.4. The van der Waals surface area contributed by atoms with Crippen LogP contribution < -0.4 is 16.1 Å². The first-order chi connectivity index (χ1) is 18.9. The minimum atomic E-state index is -0.663. The van der Waals surface area contributed by atoms with Crippen molar-refractivity contribution in [3.05, 3.63) is 47.3 Å². The lowest BCUT2D eigenvalue weighted by Gasteiger charge is -2.32. The van der Waals surface area contributed by atoms with Crippen molar-refractivity contribution >= 4 is 23.1 Å². The minimum absolute atomic E-state index is 0.0738. The Balaban J connectivity index is 1.46. The standard InChI is InChI=1S/C29H38FN7O2/c1-16-7-9-19(10-8-16)15-37-23-24(31-18(3)21-5-4-6-21)32-26(27-35-29(38)39-36-27)33-25(23)34-28(37)17(2)20-11-13-22(30)14-12-20/h11-14,16-19,21,27,36H,4-10,15H2,1-3H3,(H,35,38)(H,31,32,33)/t16?,17?,18-,19?,27?/m1/s1. The first kappa shape index (κ1) is 26.0. The molecule has 208 valence electrons.